The molecule has 5 heteroatoms. The van der Waals surface area contributed by atoms with E-state index in [9.17, 15) is 4.79 Å². The van der Waals surface area contributed by atoms with Crippen molar-refractivity contribution < 1.29 is 9.53 Å². The molecule has 0 spiro atoms. The summed E-state index contributed by atoms with van der Waals surface area (Å²) >= 11 is 0. The molecule has 1 atom stereocenters. The van der Waals surface area contributed by atoms with E-state index in [1.807, 2.05) is 0 Å². The number of hydrogen-bond acceptors (Lipinski definition) is 4. The van der Waals surface area contributed by atoms with Crippen molar-refractivity contribution in [1.29, 1.82) is 0 Å². The lowest BCUT2D eigenvalue weighted by molar-refractivity contribution is -0.122. The first-order valence-corrected chi connectivity index (χ1v) is 6.76. The number of likely N-dealkylation sites (tertiary alicyclic amines) is 1. The molecule has 0 aliphatic carbocycles. The maximum absolute atomic E-state index is 11.1. The van der Waals surface area contributed by atoms with Gasteiger partial charge in [-0.1, -0.05) is 0 Å². The van der Waals surface area contributed by atoms with Crippen LogP contribution in [0.25, 0.3) is 0 Å². The molecular weight excluding hydrogens is 230 g/mol. The fourth-order valence-electron chi connectivity index (χ4n) is 2.41. The Morgan fingerprint density at radius 1 is 1.44 bits per heavy atom. The quantitative estimate of drug-likeness (QED) is 0.688. The first-order chi connectivity index (χ1) is 8.45. The highest BCUT2D eigenvalue weighted by Crippen LogP contribution is 2.18. The van der Waals surface area contributed by atoms with Crippen molar-refractivity contribution in [3.05, 3.63) is 0 Å². The Labute approximate surface area is 110 Å². The lowest BCUT2D eigenvalue weighted by Gasteiger charge is -2.32. The summed E-state index contributed by atoms with van der Waals surface area (Å²) in [6.07, 6.45) is 3.97. The van der Waals surface area contributed by atoms with Crippen LogP contribution in [0.5, 0.6) is 0 Å². The molecule has 1 amide bonds. The van der Waals surface area contributed by atoms with Crippen LogP contribution in [-0.2, 0) is 9.53 Å². The summed E-state index contributed by atoms with van der Waals surface area (Å²) in [7, 11) is 1.76. The van der Waals surface area contributed by atoms with Crippen molar-refractivity contribution in [1.82, 2.24) is 4.90 Å². The van der Waals surface area contributed by atoms with E-state index in [0.717, 1.165) is 32.7 Å². The third kappa shape index (κ3) is 4.92. The smallest absolute Gasteiger partial charge is 0.237 e. The molecule has 1 rings (SSSR count). The highest BCUT2D eigenvalue weighted by atomic mass is 16.5. The van der Waals surface area contributed by atoms with Crippen molar-refractivity contribution in [2.24, 2.45) is 17.4 Å². The molecule has 106 valence electrons. The van der Waals surface area contributed by atoms with Gasteiger partial charge in [0, 0.05) is 13.7 Å². The van der Waals surface area contributed by atoms with Crippen molar-refractivity contribution in [2.75, 3.05) is 33.4 Å². The second-order valence-electron chi connectivity index (χ2n) is 5.63. The van der Waals surface area contributed by atoms with E-state index in [-0.39, 0.29) is 0 Å². The minimum Gasteiger partial charge on any atom is -0.384 e. The number of primary amides is 1. The topological polar surface area (TPSA) is 81.6 Å². The summed E-state index contributed by atoms with van der Waals surface area (Å²) in [4.78, 5) is 13.5. The van der Waals surface area contributed by atoms with Crippen LogP contribution in [0.4, 0.5) is 0 Å². The van der Waals surface area contributed by atoms with E-state index >= 15 is 0 Å². The first-order valence-electron chi connectivity index (χ1n) is 6.76. The number of nitrogens with two attached hydrogens (primary N) is 2. The number of hydrogen-bond donors (Lipinski definition) is 2. The number of methoxy groups -OCH3 is 1. The van der Waals surface area contributed by atoms with Crippen LogP contribution in [0.1, 0.15) is 32.6 Å². The van der Waals surface area contributed by atoms with E-state index in [0.29, 0.717) is 12.3 Å². The molecule has 1 aliphatic heterocycles. The van der Waals surface area contributed by atoms with Crippen LogP contribution in [0.3, 0.4) is 0 Å². The normalized spacial score (nSPS) is 21.7. The second-order valence-corrected chi connectivity index (χ2v) is 5.63. The van der Waals surface area contributed by atoms with Crippen LogP contribution in [0.15, 0.2) is 0 Å². The van der Waals surface area contributed by atoms with Gasteiger partial charge < -0.3 is 21.1 Å². The van der Waals surface area contributed by atoms with Gasteiger partial charge in [0.05, 0.1) is 5.54 Å². The molecule has 1 saturated heterocycles. The number of rotatable bonds is 7. The molecule has 0 aromatic carbocycles. The fourth-order valence-corrected chi connectivity index (χ4v) is 2.41. The van der Waals surface area contributed by atoms with Crippen LogP contribution >= 0.6 is 0 Å². The predicted octanol–water partition coefficient (Wildman–Crippen LogP) is 0.328. The highest BCUT2D eigenvalue weighted by molar-refractivity contribution is 5.83. The van der Waals surface area contributed by atoms with E-state index in [4.69, 9.17) is 16.2 Å². The van der Waals surface area contributed by atoms with Crippen molar-refractivity contribution in [3.63, 3.8) is 0 Å². The predicted molar refractivity (Wildman–Crippen MR) is 72.1 cm³/mol. The molecule has 1 fully saturated rings. The summed E-state index contributed by atoms with van der Waals surface area (Å²) in [5.41, 5.74) is 10.2. The monoisotopic (exact) mass is 257 g/mol. The third-order valence-electron chi connectivity index (χ3n) is 3.84. The van der Waals surface area contributed by atoms with Gasteiger partial charge >= 0.3 is 0 Å². The zero-order valence-electron chi connectivity index (χ0n) is 11.7. The number of ether oxygens (including phenoxy) is 1. The molecule has 1 heterocycles. The summed E-state index contributed by atoms with van der Waals surface area (Å²) in [6.45, 7) is 5.81. The maximum atomic E-state index is 11.1. The van der Waals surface area contributed by atoms with Crippen LogP contribution in [0.2, 0.25) is 0 Å². The Kier molecular flexibility index (Phi) is 6.05. The first kappa shape index (κ1) is 15.4. The van der Waals surface area contributed by atoms with Gasteiger partial charge in [0.2, 0.25) is 5.91 Å². The van der Waals surface area contributed by atoms with Gasteiger partial charge in [0.25, 0.3) is 0 Å². The molecule has 0 bridgehead atoms. The Bertz CT molecular complexity index is 261. The van der Waals surface area contributed by atoms with Gasteiger partial charge in [-0.05, 0) is 58.2 Å². The Hall–Kier alpha value is -0.650. The number of piperidine rings is 1. The summed E-state index contributed by atoms with van der Waals surface area (Å²) in [5.74, 6) is 0.290. The largest absolute Gasteiger partial charge is 0.384 e. The van der Waals surface area contributed by atoms with E-state index in [1.165, 1.54) is 12.8 Å². The van der Waals surface area contributed by atoms with Crippen molar-refractivity contribution in [2.45, 2.75) is 38.1 Å². The fraction of sp³-hybridized carbons (Fsp3) is 0.923. The van der Waals surface area contributed by atoms with Crippen LogP contribution in [-0.4, -0.2) is 49.7 Å². The molecule has 18 heavy (non-hydrogen) atoms. The average Bonchev–Trinajstić information content (AvgIpc) is 2.31. The van der Waals surface area contributed by atoms with E-state index < -0.39 is 11.4 Å². The molecule has 0 aromatic rings. The second kappa shape index (κ2) is 7.07. The van der Waals surface area contributed by atoms with Gasteiger partial charge in [0.1, 0.15) is 0 Å². The zero-order chi connectivity index (χ0) is 13.6. The molecule has 1 aliphatic rings. The van der Waals surface area contributed by atoms with E-state index in [2.05, 4.69) is 4.90 Å². The Morgan fingerprint density at radius 3 is 2.56 bits per heavy atom. The third-order valence-corrected chi connectivity index (χ3v) is 3.84. The molecule has 0 aromatic heterocycles. The maximum Gasteiger partial charge on any atom is 0.237 e. The summed E-state index contributed by atoms with van der Waals surface area (Å²) in [5, 5.41) is 0. The van der Waals surface area contributed by atoms with Gasteiger partial charge in [-0.25, -0.2) is 0 Å². The summed E-state index contributed by atoms with van der Waals surface area (Å²) in [6, 6.07) is 0. The Morgan fingerprint density at radius 2 is 2.06 bits per heavy atom. The minimum atomic E-state index is -0.867. The van der Waals surface area contributed by atoms with Crippen molar-refractivity contribution >= 4 is 5.91 Å². The molecule has 1 unspecified atom stereocenters. The van der Waals surface area contributed by atoms with Gasteiger partial charge in [-0.2, -0.15) is 0 Å². The van der Waals surface area contributed by atoms with Gasteiger partial charge in [-0.3, -0.25) is 4.79 Å². The lowest BCUT2D eigenvalue weighted by atomic mass is 9.95. The lowest BCUT2D eigenvalue weighted by Crippen LogP contribution is -2.49. The van der Waals surface area contributed by atoms with E-state index in [1.54, 1.807) is 14.0 Å². The molecule has 4 N–H and O–H groups in total. The molecule has 5 nitrogen and oxygen atoms in total. The van der Waals surface area contributed by atoms with Crippen molar-refractivity contribution in [3.8, 4) is 0 Å². The number of carbonyl (C=O) groups excluding carboxylic acids is 1. The molecule has 0 saturated carbocycles. The minimum absolute atomic E-state index is 0.415. The van der Waals surface area contributed by atoms with Crippen LogP contribution < -0.4 is 11.5 Å². The Balaban J connectivity index is 2.16. The van der Waals surface area contributed by atoms with Gasteiger partial charge in [-0.15, -0.1) is 0 Å². The van der Waals surface area contributed by atoms with Crippen LogP contribution in [0, 0.1) is 5.92 Å². The zero-order valence-corrected chi connectivity index (χ0v) is 11.7. The summed E-state index contributed by atoms with van der Waals surface area (Å²) < 4.78 is 5.18. The average molecular weight is 257 g/mol. The molecular formula is C13H27N3O2. The highest BCUT2D eigenvalue weighted by Gasteiger charge is 2.25. The number of nitrogens with zero attached hydrogens (tertiary/aromatic N) is 1. The standard InChI is InChI=1S/C13H27N3O2/c1-13(15,12(14)17)6-3-7-16-8-4-11(5-9-16)10-18-2/h11H,3-10,15H2,1-2H3,(H2,14,17). The SMILES string of the molecule is COCC1CCN(CCCC(C)(N)C(N)=O)CC1. The number of carbonyl (C=O) groups is 1. The molecule has 0 radical (unpaired) electrons. The van der Waals surface area contributed by atoms with Gasteiger partial charge in [0.15, 0.2) is 0 Å². The number of amides is 1.